The molecule has 0 radical (unpaired) electrons. The minimum Gasteiger partial charge on any atom is -0.480 e. The van der Waals surface area contributed by atoms with Crippen LogP contribution in [0.15, 0.2) is 16.7 Å². The number of rotatable bonds is 4. The Hall–Kier alpha value is -1.41. The van der Waals surface area contributed by atoms with Crippen LogP contribution < -0.4 is 10.1 Å². The first-order chi connectivity index (χ1) is 8.61. The van der Waals surface area contributed by atoms with E-state index in [0.29, 0.717) is 18.1 Å². The number of ether oxygens (including phenoxy) is 1. The number of halogens is 1. The summed E-state index contributed by atoms with van der Waals surface area (Å²) in [7, 11) is 3.32. The quantitative estimate of drug-likeness (QED) is 0.924. The van der Waals surface area contributed by atoms with Gasteiger partial charge in [-0.15, -0.1) is 0 Å². The highest BCUT2D eigenvalue weighted by atomic mass is 79.9. The molecule has 2 aromatic heterocycles. The molecule has 0 aliphatic rings. The van der Waals surface area contributed by atoms with Gasteiger partial charge in [0.15, 0.2) is 0 Å². The molecule has 0 aromatic carbocycles. The van der Waals surface area contributed by atoms with Gasteiger partial charge < -0.3 is 10.1 Å². The highest BCUT2D eigenvalue weighted by Crippen LogP contribution is 2.30. The summed E-state index contributed by atoms with van der Waals surface area (Å²) in [5.41, 5.74) is 0.394. The number of aryl methyl sites for hydroxylation is 1. The Morgan fingerprint density at radius 3 is 3.00 bits per heavy atom. The Kier molecular flexibility index (Phi) is 3.97. The average molecular weight is 331 g/mol. The van der Waals surface area contributed by atoms with Crippen LogP contribution in [0.2, 0.25) is 0 Å². The molecule has 0 spiro atoms. The number of carbonyl (C=O) groups excluding carboxylic acids is 1. The van der Waals surface area contributed by atoms with Crippen molar-refractivity contribution in [1.29, 1.82) is 0 Å². The molecule has 0 fully saturated rings. The van der Waals surface area contributed by atoms with Gasteiger partial charge in [-0.3, -0.25) is 9.48 Å². The van der Waals surface area contributed by atoms with Crippen LogP contribution in [0.3, 0.4) is 0 Å². The molecule has 0 saturated carbocycles. The predicted molar refractivity (Wildman–Crippen MR) is 70.7 cm³/mol. The highest BCUT2D eigenvalue weighted by Gasteiger charge is 2.14. The second kappa shape index (κ2) is 5.49. The number of nitrogens with one attached hydrogen (secondary N) is 1. The van der Waals surface area contributed by atoms with Crippen LogP contribution >= 0.6 is 27.5 Å². The molecule has 18 heavy (non-hydrogen) atoms. The maximum Gasteiger partial charge on any atom is 0.272 e. The lowest BCUT2D eigenvalue weighted by atomic mass is 10.4. The number of aromatic nitrogens is 3. The van der Waals surface area contributed by atoms with E-state index in [1.165, 1.54) is 11.5 Å². The first kappa shape index (κ1) is 13.0. The van der Waals surface area contributed by atoms with Gasteiger partial charge in [0.1, 0.15) is 5.69 Å². The van der Waals surface area contributed by atoms with Crippen molar-refractivity contribution in [2.75, 3.05) is 7.11 Å². The van der Waals surface area contributed by atoms with Gasteiger partial charge in [-0.25, -0.2) is 0 Å². The van der Waals surface area contributed by atoms with E-state index in [4.69, 9.17) is 4.74 Å². The van der Waals surface area contributed by atoms with Crippen molar-refractivity contribution >= 4 is 33.4 Å². The fraction of sp³-hybridized carbons (Fsp3) is 0.300. The lowest BCUT2D eigenvalue weighted by molar-refractivity contribution is 0.0945. The first-order valence-electron chi connectivity index (χ1n) is 5.07. The third kappa shape index (κ3) is 2.70. The lowest BCUT2D eigenvalue weighted by Gasteiger charge is -2.01. The van der Waals surface area contributed by atoms with E-state index in [-0.39, 0.29) is 5.91 Å². The first-order valence-corrected chi connectivity index (χ1v) is 6.64. The van der Waals surface area contributed by atoms with Crippen LogP contribution in [0, 0.1) is 0 Å². The van der Waals surface area contributed by atoms with E-state index < -0.39 is 0 Å². The standard InChI is InChI=1S/C10H11BrN4O2S/c1-15-4-3-6(13-15)9(16)12-5-7-8(11)10(17-2)14-18-7/h3-4H,5H2,1-2H3,(H,12,16). The summed E-state index contributed by atoms with van der Waals surface area (Å²) in [5.74, 6) is 0.317. The van der Waals surface area contributed by atoms with Crippen molar-refractivity contribution < 1.29 is 9.53 Å². The molecule has 0 unspecified atom stereocenters. The molecule has 6 nitrogen and oxygen atoms in total. The second-order valence-corrected chi connectivity index (χ2v) is 5.14. The molecule has 0 atom stereocenters. The fourth-order valence-corrected chi connectivity index (χ4v) is 2.71. The molecular formula is C10H11BrN4O2S. The second-order valence-electron chi connectivity index (χ2n) is 3.49. The number of amides is 1. The number of carbonyl (C=O) groups is 1. The van der Waals surface area contributed by atoms with Crippen molar-refractivity contribution in [1.82, 2.24) is 19.5 Å². The minimum atomic E-state index is -0.213. The van der Waals surface area contributed by atoms with Crippen molar-refractivity contribution in [2.24, 2.45) is 7.05 Å². The van der Waals surface area contributed by atoms with Gasteiger partial charge in [0.05, 0.1) is 23.0 Å². The van der Waals surface area contributed by atoms with E-state index in [1.807, 2.05) is 0 Å². The maximum absolute atomic E-state index is 11.8. The number of hydrogen-bond acceptors (Lipinski definition) is 5. The van der Waals surface area contributed by atoms with Crippen LogP contribution in [0.1, 0.15) is 15.4 Å². The van der Waals surface area contributed by atoms with E-state index in [2.05, 4.69) is 30.7 Å². The monoisotopic (exact) mass is 330 g/mol. The Labute approximate surface area is 116 Å². The molecule has 2 rings (SSSR count). The molecule has 8 heteroatoms. The van der Waals surface area contributed by atoms with Crippen molar-refractivity contribution in [3.8, 4) is 5.88 Å². The van der Waals surface area contributed by atoms with Gasteiger partial charge in [0, 0.05) is 13.2 Å². The molecule has 1 amide bonds. The number of hydrogen-bond donors (Lipinski definition) is 1. The normalized spacial score (nSPS) is 10.4. The Bertz CT molecular complexity index is 566. The van der Waals surface area contributed by atoms with Crippen molar-refractivity contribution in [2.45, 2.75) is 6.54 Å². The van der Waals surface area contributed by atoms with Gasteiger partial charge in [-0.05, 0) is 33.5 Å². The van der Waals surface area contributed by atoms with Crippen molar-refractivity contribution in [3.05, 3.63) is 27.3 Å². The van der Waals surface area contributed by atoms with Crippen LogP contribution in [-0.2, 0) is 13.6 Å². The SMILES string of the molecule is COc1nsc(CNC(=O)c2ccn(C)n2)c1Br. The Morgan fingerprint density at radius 2 is 2.44 bits per heavy atom. The average Bonchev–Trinajstić information content (AvgIpc) is 2.93. The van der Waals surface area contributed by atoms with Crippen LogP contribution in [0.4, 0.5) is 0 Å². The topological polar surface area (TPSA) is 69.0 Å². The van der Waals surface area contributed by atoms with Crippen LogP contribution in [-0.4, -0.2) is 27.2 Å². The fourth-order valence-electron chi connectivity index (χ4n) is 1.32. The van der Waals surface area contributed by atoms with Crippen LogP contribution in [0.5, 0.6) is 5.88 Å². The predicted octanol–water partition coefficient (Wildman–Crippen LogP) is 1.58. The summed E-state index contributed by atoms with van der Waals surface area (Å²) in [6, 6.07) is 1.66. The summed E-state index contributed by atoms with van der Waals surface area (Å²) < 4.78 is 11.5. The largest absolute Gasteiger partial charge is 0.480 e. The van der Waals surface area contributed by atoms with Crippen LogP contribution in [0.25, 0.3) is 0 Å². The van der Waals surface area contributed by atoms with E-state index >= 15 is 0 Å². The summed E-state index contributed by atoms with van der Waals surface area (Å²) in [5, 5.41) is 6.80. The molecule has 2 aromatic rings. The Morgan fingerprint density at radius 1 is 1.67 bits per heavy atom. The molecule has 0 aliphatic carbocycles. The summed E-state index contributed by atoms with van der Waals surface area (Å²) >= 11 is 4.65. The van der Waals surface area contributed by atoms with E-state index in [0.717, 1.165) is 9.35 Å². The van der Waals surface area contributed by atoms with Gasteiger partial charge >= 0.3 is 0 Å². The van der Waals surface area contributed by atoms with Gasteiger partial charge in [0.25, 0.3) is 5.91 Å². The van der Waals surface area contributed by atoms with Crippen molar-refractivity contribution in [3.63, 3.8) is 0 Å². The summed E-state index contributed by atoms with van der Waals surface area (Å²) in [6.07, 6.45) is 1.72. The Balaban J connectivity index is 1.99. The smallest absolute Gasteiger partial charge is 0.272 e. The highest BCUT2D eigenvalue weighted by molar-refractivity contribution is 9.10. The third-order valence-electron chi connectivity index (χ3n) is 2.22. The molecule has 0 aliphatic heterocycles. The van der Waals surface area contributed by atoms with Gasteiger partial charge in [-0.1, -0.05) is 0 Å². The summed E-state index contributed by atoms with van der Waals surface area (Å²) in [4.78, 5) is 12.7. The minimum absolute atomic E-state index is 0.213. The van der Waals surface area contributed by atoms with Gasteiger partial charge in [0.2, 0.25) is 5.88 Å². The molecule has 96 valence electrons. The molecule has 0 bridgehead atoms. The molecule has 1 N–H and O–H groups in total. The molecular weight excluding hydrogens is 320 g/mol. The number of methoxy groups -OCH3 is 1. The summed E-state index contributed by atoms with van der Waals surface area (Å²) in [6.45, 7) is 0.386. The van der Waals surface area contributed by atoms with E-state index in [9.17, 15) is 4.79 Å². The zero-order valence-electron chi connectivity index (χ0n) is 9.81. The molecule has 0 saturated heterocycles. The zero-order valence-corrected chi connectivity index (χ0v) is 12.2. The molecule has 2 heterocycles. The maximum atomic E-state index is 11.8. The van der Waals surface area contributed by atoms with E-state index in [1.54, 1.807) is 31.1 Å². The third-order valence-corrected chi connectivity index (χ3v) is 4.13. The zero-order chi connectivity index (χ0) is 13.1. The lowest BCUT2D eigenvalue weighted by Crippen LogP contribution is -2.23. The van der Waals surface area contributed by atoms with Gasteiger partial charge in [-0.2, -0.15) is 9.47 Å². The number of nitrogens with zero attached hydrogens (tertiary/aromatic N) is 3.